The Hall–Kier alpha value is -4.54. The number of carbonyl (C=O) groups is 2. The van der Waals surface area contributed by atoms with E-state index in [2.05, 4.69) is 29.9 Å². The number of allylic oxidation sites excluding steroid dienone is 2. The van der Waals surface area contributed by atoms with E-state index in [0.29, 0.717) is 38.9 Å². The van der Waals surface area contributed by atoms with Crippen LogP contribution in [-0.4, -0.2) is 69.5 Å². The van der Waals surface area contributed by atoms with Gasteiger partial charge in [-0.3, -0.25) is 9.59 Å². The van der Waals surface area contributed by atoms with Gasteiger partial charge in [0.2, 0.25) is 0 Å². The second kappa shape index (κ2) is 13.8. The van der Waals surface area contributed by atoms with E-state index in [4.69, 9.17) is 19.4 Å². The standard InChI is InChI=1S/C36H42N4O6/c1-19-23(7-9-35(41)42)33-18-34-24(8-10-36(43)44)20(2)29(40-34)16-32-26(12-14-46-6)22(4)30(39-32)17-31-25(11-13-45-5)21(3)28(37-31)15-27(19)38-33/h15-18,38,40H,7-14H2,1-6H3,(H,41,42)(H,43,44). The van der Waals surface area contributed by atoms with Gasteiger partial charge in [-0.15, -0.1) is 0 Å². The van der Waals surface area contributed by atoms with E-state index in [1.165, 1.54) is 0 Å². The SMILES string of the molecule is COCCC1=C(C)c2cc3[nH]c(cc4[nH]c(cc5nc(cc1n2)C(C)=C5CCOC)c(C)c4CCC(=O)O)c(CCC(=O)O)c3C. The molecule has 0 spiro atoms. The molecule has 8 bridgehead atoms. The maximum absolute atomic E-state index is 11.6. The molecule has 0 saturated heterocycles. The smallest absolute Gasteiger partial charge is 0.303 e. The molecule has 4 N–H and O–H groups in total. The predicted octanol–water partition coefficient (Wildman–Crippen LogP) is 6.90. The highest BCUT2D eigenvalue weighted by Gasteiger charge is 2.22. The van der Waals surface area contributed by atoms with Gasteiger partial charge in [-0.25, -0.2) is 9.97 Å². The minimum absolute atomic E-state index is 0.0179. The number of carboxylic acid groups (broad SMARTS) is 2. The second-order valence-corrected chi connectivity index (χ2v) is 11.9. The summed E-state index contributed by atoms with van der Waals surface area (Å²) in [6.45, 7) is 9.22. The third-order valence-corrected chi connectivity index (χ3v) is 9.09. The van der Waals surface area contributed by atoms with Crippen LogP contribution in [0.5, 0.6) is 0 Å². The molecule has 0 atom stereocenters. The van der Waals surface area contributed by atoms with E-state index in [-0.39, 0.29) is 12.8 Å². The van der Waals surface area contributed by atoms with Gasteiger partial charge in [-0.05, 0) is 122 Å². The van der Waals surface area contributed by atoms with Gasteiger partial charge < -0.3 is 29.7 Å². The van der Waals surface area contributed by atoms with Crippen LogP contribution in [0, 0.1) is 13.8 Å². The van der Waals surface area contributed by atoms with Gasteiger partial charge in [-0.1, -0.05) is 0 Å². The number of nitrogens with one attached hydrogen (secondary N) is 2. The van der Waals surface area contributed by atoms with Gasteiger partial charge in [0.05, 0.1) is 36.0 Å². The van der Waals surface area contributed by atoms with Crippen molar-refractivity contribution in [2.75, 3.05) is 27.4 Å². The number of ether oxygens (including phenoxy) is 2. The Kier molecular flexibility index (Phi) is 9.88. The number of carboxylic acids is 2. The van der Waals surface area contributed by atoms with E-state index in [9.17, 15) is 19.8 Å². The zero-order chi connectivity index (χ0) is 33.1. The van der Waals surface area contributed by atoms with Crippen LogP contribution in [0.15, 0.2) is 24.3 Å². The third-order valence-electron chi connectivity index (χ3n) is 9.09. The molecule has 3 aromatic rings. The lowest BCUT2D eigenvalue weighted by atomic mass is 10.0. The van der Waals surface area contributed by atoms with Crippen LogP contribution in [0.1, 0.15) is 84.6 Å². The first kappa shape index (κ1) is 32.8. The Labute approximate surface area is 268 Å². The minimum atomic E-state index is -0.873. The van der Waals surface area contributed by atoms with Crippen molar-refractivity contribution in [1.82, 2.24) is 19.9 Å². The highest BCUT2D eigenvalue weighted by Crippen LogP contribution is 2.37. The van der Waals surface area contributed by atoms with E-state index in [1.54, 1.807) is 14.2 Å². The van der Waals surface area contributed by atoms with Crippen LogP contribution < -0.4 is 0 Å². The van der Waals surface area contributed by atoms with Crippen LogP contribution in [0.2, 0.25) is 0 Å². The van der Waals surface area contributed by atoms with E-state index in [1.807, 2.05) is 32.0 Å². The molecule has 0 radical (unpaired) electrons. The van der Waals surface area contributed by atoms with Crippen molar-refractivity contribution in [1.29, 1.82) is 0 Å². The molecule has 46 heavy (non-hydrogen) atoms. The number of aryl methyl sites for hydroxylation is 4. The molecule has 5 heterocycles. The van der Waals surface area contributed by atoms with Crippen molar-refractivity contribution in [2.24, 2.45) is 0 Å². The molecular weight excluding hydrogens is 584 g/mol. The molecule has 2 aliphatic heterocycles. The van der Waals surface area contributed by atoms with Crippen LogP contribution in [-0.2, 0) is 31.9 Å². The number of rotatable bonds is 12. The highest BCUT2D eigenvalue weighted by atomic mass is 16.5. The summed E-state index contributed by atoms with van der Waals surface area (Å²) in [6, 6.07) is 8.08. The maximum atomic E-state index is 11.6. The Bertz CT molecular complexity index is 1930. The number of H-pyrrole nitrogens is 2. The van der Waals surface area contributed by atoms with Crippen LogP contribution in [0.25, 0.3) is 44.4 Å². The van der Waals surface area contributed by atoms with Crippen LogP contribution >= 0.6 is 0 Å². The summed E-state index contributed by atoms with van der Waals surface area (Å²) in [6.07, 6.45) is 2.02. The molecule has 0 fully saturated rings. The van der Waals surface area contributed by atoms with E-state index >= 15 is 0 Å². The molecule has 2 aliphatic rings. The summed E-state index contributed by atoms with van der Waals surface area (Å²) in [5.74, 6) is -1.75. The topological polar surface area (TPSA) is 150 Å². The van der Waals surface area contributed by atoms with Gasteiger partial charge in [-0.2, -0.15) is 0 Å². The molecule has 242 valence electrons. The number of aromatic nitrogens is 4. The maximum Gasteiger partial charge on any atom is 0.303 e. The molecule has 0 saturated carbocycles. The van der Waals surface area contributed by atoms with Crippen molar-refractivity contribution in [3.63, 3.8) is 0 Å². The summed E-state index contributed by atoms with van der Waals surface area (Å²) in [5.41, 5.74) is 14.5. The zero-order valence-corrected chi connectivity index (χ0v) is 27.4. The number of hydrogen-bond donors (Lipinski definition) is 4. The molecule has 10 heteroatoms. The first-order valence-corrected chi connectivity index (χ1v) is 15.6. The summed E-state index contributed by atoms with van der Waals surface area (Å²) < 4.78 is 10.9. The zero-order valence-electron chi connectivity index (χ0n) is 27.4. The van der Waals surface area contributed by atoms with Gasteiger partial charge in [0.25, 0.3) is 0 Å². The Morgan fingerprint density at radius 1 is 0.609 bits per heavy atom. The molecule has 0 aromatic carbocycles. The molecule has 0 aliphatic carbocycles. The molecule has 10 nitrogen and oxygen atoms in total. The lowest BCUT2D eigenvalue weighted by molar-refractivity contribution is -0.138. The quantitative estimate of drug-likeness (QED) is 0.170. The highest BCUT2D eigenvalue weighted by molar-refractivity contribution is 5.95. The normalized spacial score (nSPS) is 13.2. The lowest BCUT2D eigenvalue weighted by Crippen LogP contribution is -1.98. The molecule has 5 rings (SSSR count). The van der Waals surface area contributed by atoms with Gasteiger partial charge in [0, 0.05) is 49.1 Å². The van der Waals surface area contributed by atoms with Crippen molar-refractivity contribution in [3.05, 3.63) is 69.3 Å². The molecule has 0 unspecified atom stereocenters. The molecule has 3 aromatic heterocycles. The van der Waals surface area contributed by atoms with Gasteiger partial charge in [0.15, 0.2) is 0 Å². The first-order valence-electron chi connectivity index (χ1n) is 15.6. The number of fused-ring (bicyclic) bond motifs is 8. The van der Waals surface area contributed by atoms with Crippen LogP contribution in [0.4, 0.5) is 0 Å². The summed E-state index contributed by atoms with van der Waals surface area (Å²) in [4.78, 5) is 40.5. The predicted molar refractivity (Wildman–Crippen MR) is 180 cm³/mol. The number of aromatic amines is 2. The van der Waals surface area contributed by atoms with E-state index < -0.39 is 11.9 Å². The average molecular weight is 627 g/mol. The summed E-state index contributed by atoms with van der Waals surface area (Å²) in [5, 5.41) is 19.1. The van der Waals surface area contributed by atoms with Crippen molar-refractivity contribution >= 4 is 56.3 Å². The number of hydrogen-bond acceptors (Lipinski definition) is 6. The Balaban J connectivity index is 1.91. The van der Waals surface area contributed by atoms with Gasteiger partial charge in [0.1, 0.15) is 0 Å². The summed E-state index contributed by atoms with van der Waals surface area (Å²) >= 11 is 0. The van der Waals surface area contributed by atoms with Crippen molar-refractivity contribution < 1.29 is 29.3 Å². The Morgan fingerprint density at radius 3 is 1.46 bits per heavy atom. The largest absolute Gasteiger partial charge is 0.481 e. The van der Waals surface area contributed by atoms with Gasteiger partial charge >= 0.3 is 11.9 Å². The molecule has 0 amide bonds. The fraction of sp³-hybridized carbons (Fsp3) is 0.389. The fourth-order valence-electron chi connectivity index (χ4n) is 6.36. The van der Waals surface area contributed by atoms with E-state index in [0.717, 1.165) is 89.4 Å². The second-order valence-electron chi connectivity index (χ2n) is 11.9. The molecular formula is C36H42N4O6. The number of methoxy groups -OCH3 is 2. The monoisotopic (exact) mass is 626 g/mol. The minimum Gasteiger partial charge on any atom is -0.481 e. The van der Waals surface area contributed by atoms with Crippen molar-refractivity contribution in [2.45, 2.75) is 66.2 Å². The summed E-state index contributed by atoms with van der Waals surface area (Å²) in [7, 11) is 3.38. The lowest BCUT2D eigenvalue weighted by Gasteiger charge is -2.05. The first-order chi connectivity index (χ1) is 22.0. The number of nitrogens with zero attached hydrogens (tertiary/aromatic N) is 2. The Morgan fingerprint density at radius 2 is 1.02 bits per heavy atom. The van der Waals surface area contributed by atoms with Crippen molar-refractivity contribution in [3.8, 4) is 0 Å². The third kappa shape index (κ3) is 6.68. The fourth-order valence-corrected chi connectivity index (χ4v) is 6.36. The van der Waals surface area contributed by atoms with Crippen LogP contribution in [0.3, 0.4) is 0 Å². The number of aliphatic carboxylic acids is 2. The average Bonchev–Trinajstić information content (AvgIpc) is 3.66.